The topological polar surface area (TPSA) is 87.1 Å². The van der Waals surface area contributed by atoms with Gasteiger partial charge >= 0.3 is 0 Å². The molecule has 4 aromatic rings. The van der Waals surface area contributed by atoms with E-state index in [2.05, 4.69) is 48.1 Å². The van der Waals surface area contributed by atoms with Crippen LogP contribution in [0.2, 0.25) is 0 Å². The number of hydrogen-bond acceptors (Lipinski definition) is 4. The summed E-state index contributed by atoms with van der Waals surface area (Å²) in [5.74, 6) is -2.09. The zero-order chi connectivity index (χ0) is 26.2. The lowest BCUT2D eigenvalue weighted by Gasteiger charge is -2.60. The van der Waals surface area contributed by atoms with Crippen molar-refractivity contribution in [2.45, 2.75) is 44.3 Å². The second-order valence-corrected chi connectivity index (χ2v) is 10.7. The van der Waals surface area contributed by atoms with Gasteiger partial charge in [-0.15, -0.1) is 12.2 Å². The zero-order valence-corrected chi connectivity index (χ0v) is 21.2. The summed E-state index contributed by atoms with van der Waals surface area (Å²) in [6.45, 7) is 5.94. The van der Waals surface area contributed by atoms with Gasteiger partial charge in [0.1, 0.15) is 5.82 Å². The molecular formula is C30H28FN3O3-2. The second kappa shape index (κ2) is 8.16. The van der Waals surface area contributed by atoms with Crippen LogP contribution in [-0.4, -0.2) is 29.0 Å². The normalized spacial score (nSPS) is 25.5. The van der Waals surface area contributed by atoms with Gasteiger partial charge in [-0.3, -0.25) is 9.89 Å². The van der Waals surface area contributed by atoms with E-state index in [1.165, 1.54) is 34.5 Å². The molecule has 1 saturated carbocycles. The van der Waals surface area contributed by atoms with E-state index in [4.69, 9.17) is 0 Å². The van der Waals surface area contributed by atoms with Gasteiger partial charge in [-0.25, -0.2) is 9.07 Å². The highest BCUT2D eigenvalue weighted by atomic mass is 19.1. The molecule has 0 amide bonds. The molecule has 1 N–H and O–H groups in total. The van der Waals surface area contributed by atoms with E-state index >= 15 is 0 Å². The second-order valence-electron chi connectivity index (χ2n) is 10.7. The van der Waals surface area contributed by atoms with Crippen molar-refractivity contribution >= 4 is 16.5 Å². The SMILES string of the molecule is Cc1[nH]n(-c2ccc(F)cc2)c(=O)c1C1C([O-])C(C=C2N(C)c3ccc4ccccc4c3C2(C)C)C1[O-]. The lowest BCUT2D eigenvalue weighted by molar-refractivity contribution is -0.543. The predicted molar refractivity (Wildman–Crippen MR) is 138 cm³/mol. The lowest BCUT2D eigenvalue weighted by atomic mass is 9.64. The maximum Gasteiger partial charge on any atom is 0.274 e. The Hall–Kier alpha value is -3.68. The summed E-state index contributed by atoms with van der Waals surface area (Å²) in [5, 5.41) is 32.2. The van der Waals surface area contributed by atoms with Gasteiger partial charge < -0.3 is 15.1 Å². The number of anilines is 1. The third-order valence-corrected chi connectivity index (χ3v) is 8.25. The van der Waals surface area contributed by atoms with E-state index < -0.39 is 40.8 Å². The highest BCUT2D eigenvalue weighted by Gasteiger charge is 2.44. The Balaban J connectivity index is 1.34. The molecule has 1 aliphatic heterocycles. The number of benzene rings is 3. The first-order valence-corrected chi connectivity index (χ1v) is 12.5. The molecule has 6 rings (SSSR count). The molecule has 2 heterocycles. The fourth-order valence-electron chi connectivity index (χ4n) is 6.33. The number of nitrogens with one attached hydrogen (secondary N) is 1. The van der Waals surface area contributed by atoms with Gasteiger partial charge in [-0.05, 0) is 65.4 Å². The Morgan fingerprint density at radius 1 is 1.00 bits per heavy atom. The molecule has 6 nitrogen and oxygen atoms in total. The fourth-order valence-corrected chi connectivity index (χ4v) is 6.33. The number of nitrogens with zero attached hydrogens (tertiary/aromatic N) is 2. The highest BCUT2D eigenvalue weighted by Crippen LogP contribution is 2.51. The molecule has 7 heteroatoms. The third kappa shape index (κ3) is 3.34. The minimum atomic E-state index is -1.23. The molecule has 0 bridgehead atoms. The molecular weight excluding hydrogens is 469 g/mol. The smallest absolute Gasteiger partial charge is 0.274 e. The van der Waals surface area contributed by atoms with Gasteiger partial charge in [-0.1, -0.05) is 50.3 Å². The molecule has 37 heavy (non-hydrogen) atoms. The summed E-state index contributed by atoms with van der Waals surface area (Å²) >= 11 is 0. The molecule has 0 saturated heterocycles. The van der Waals surface area contributed by atoms with Gasteiger partial charge in [-0.2, -0.15) is 0 Å². The highest BCUT2D eigenvalue weighted by molar-refractivity contribution is 5.94. The van der Waals surface area contributed by atoms with Crippen molar-refractivity contribution < 1.29 is 14.6 Å². The van der Waals surface area contributed by atoms with Crippen molar-refractivity contribution in [3.05, 3.63) is 105 Å². The van der Waals surface area contributed by atoms with Crippen LogP contribution in [0, 0.1) is 18.7 Å². The van der Waals surface area contributed by atoms with E-state index in [1.54, 1.807) is 6.92 Å². The van der Waals surface area contributed by atoms with E-state index in [0.717, 1.165) is 22.2 Å². The zero-order valence-electron chi connectivity index (χ0n) is 21.2. The van der Waals surface area contributed by atoms with E-state index in [0.29, 0.717) is 11.4 Å². The maximum absolute atomic E-state index is 13.5. The Bertz CT molecular complexity index is 1610. The van der Waals surface area contributed by atoms with Crippen molar-refractivity contribution in [3.8, 4) is 5.69 Å². The van der Waals surface area contributed by atoms with Gasteiger partial charge in [0.25, 0.3) is 5.56 Å². The largest absolute Gasteiger partial charge is 0.851 e. The maximum atomic E-state index is 13.5. The molecule has 1 fully saturated rings. The van der Waals surface area contributed by atoms with Crippen LogP contribution in [0.4, 0.5) is 10.1 Å². The average molecular weight is 498 g/mol. The minimum Gasteiger partial charge on any atom is -0.851 e. The van der Waals surface area contributed by atoms with Crippen LogP contribution in [-0.2, 0) is 5.41 Å². The van der Waals surface area contributed by atoms with E-state index in [-0.39, 0.29) is 5.56 Å². The number of H-pyrrole nitrogens is 1. The van der Waals surface area contributed by atoms with Gasteiger partial charge in [0, 0.05) is 35.1 Å². The van der Waals surface area contributed by atoms with Crippen LogP contribution in [0.1, 0.15) is 36.6 Å². The first-order valence-electron chi connectivity index (χ1n) is 12.5. The Morgan fingerprint density at radius 3 is 2.38 bits per heavy atom. The van der Waals surface area contributed by atoms with E-state index in [1.807, 2.05) is 25.3 Å². The molecule has 1 aliphatic carbocycles. The number of rotatable bonds is 3. The first kappa shape index (κ1) is 23.7. The van der Waals surface area contributed by atoms with Crippen molar-refractivity contribution in [2.75, 3.05) is 11.9 Å². The van der Waals surface area contributed by atoms with Crippen LogP contribution in [0.15, 0.2) is 77.2 Å². The monoisotopic (exact) mass is 497 g/mol. The van der Waals surface area contributed by atoms with Crippen LogP contribution < -0.4 is 20.7 Å². The molecule has 3 aromatic carbocycles. The number of aryl methyl sites for hydroxylation is 1. The molecule has 190 valence electrons. The number of aromatic nitrogens is 2. The Morgan fingerprint density at radius 2 is 1.68 bits per heavy atom. The van der Waals surface area contributed by atoms with Gasteiger partial charge in [0.2, 0.25) is 0 Å². The first-order chi connectivity index (χ1) is 17.6. The number of fused-ring (bicyclic) bond motifs is 3. The average Bonchev–Trinajstić information content (AvgIpc) is 3.27. The summed E-state index contributed by atoms with van der Waals surface area (Å²) < 4.78 is 14.6. The number of halogens is 1. The molecule has 2 unspecified atom stereocenters. The van der Waals surface area contributed by atoms with E-state index in [9.17, 15) is 19.4 Å². The number of hydrogen-bond donors (Lipinski definition) is 1. The van der Waals surface area contributed by atoms with Crippen LogP contribution in [0.3, 0.4) is 0 Å². The van der Waals surface area contributed by atoms with Gasteiger partial charge in [0.05, 0.1) is 5.69 Å². The number of aromatic amines is 1. The van der Waals surface area contributed by atoms with Crippen molar-refractivity contribution in [1.82, 2.24) is 9.78 Å². The van der Waals surface area contributed by atoms with Gasteiger partial charge in [0.15, 0.2) is 0 Å². The fraction of sp³-hybridized carbons (Fsp3) is 0.300. The Labute approximate surface area is 214 Å². The standard InChI is InChI=1S/C30H28FN3O3/c1-16-24(29(37)34(32-16)19-12-10-18(31)11-13-19)25-27(35)21(28(25)36)15-23-30(2,3)26-20-8-6-5-7-17(20)9-14-22(26)33(23)4/h5-15,21,25,27-28,32H,1-4H3/q-2. The molecule has 2 aliphatic rings. The quantitative estimate of drug-likeness (QED) is 0.471. The summed E-state index contributed by atoms with van der Waals surface area (Å²) in [7, 11) is 1.97. The number of likely N-dealkylation sites (N-methyl/N-ethyl adjacent to an activating group) is 1. The summed E-state index contributed by atoms with van der Waals surface area (Å²) in [6, 6.07) is 17.9. The lowest BCUT2D eigenvalue weighted by Crippen LogP contribution is -2.65. The summed E-state index contributed by atoms with van der Waals surface area (Å²) in [5.41, 5.74) is 3.52. The van der Waals surface area contributed by atoms with Crippen LogP contribution in [0.25, 0.3) is 16.5 Å². The van der Waals surface area contributed by atoms with Crippen molar-refractivity contribution in [1.29, 1.82) is 0 Å². The molecule has 1 aromatic heterocycles. The molecule has 2 atom stereocenters. The summed E-state index contributed by atoms with van der Waals surface area (Å²) in [6.07, 6.45) is -0.617. The molecule has 0 radical (unpaired) electrons. The predicted octanol–water partition coefficient (Wildman–Crippen LogP) is 3.25. The summed E-state index contributed by atoms with van der Waals surface area (Å²) in [4.78, 5) is 15.3. The van der Waals surface area contributed by atoms with Crippen molar-refractivity contribution in [3.63, 3.8) is 0 Å². The van der Waals surface area contributed by atoms with Crippen LogP contribution >= 0.6 is 0 Å². The van der Waals surface area contributed by atoms with Crippen LogP contribution in [0.5, 0.6) is 0 Å². The minimum absolute atomic E-state index is 0.229. The Kier molecular flexibility index (Phi) is 5.23. The number of allylic oxidation sites excluding steroid dienone is 1. The van der Waals surface area contributed by atoms with Crippen molar-refractivity contribution in [2.24, 2.45) is 5.92 Å². The molecule has 0 spiro atoms. The third-order valence-electron chi connectivity index (χ3n) is 8.25.